The summed E-state index contributed by atoms with van der Waals surface area (Å²) in [7, 11) is 0. The third-order valence-electron chi connectivity index (χ3n) is 4.55. The van der Waals surface area contributed by atoms with Gasteiger partial charge in [-0.15, -0.1) is 0 Å². The molecule has 0 bridgehead atoms. The summed E-state index contributed by atoms with van der Waals surface area (Å²) in [5, 5.41) is 5.71. The number of halogens is 3. The topological polar surface area (TPSA) is 55.6 Å². The van der Waals surface area contributed by atoms with Gasteiger partial charge in [0.2, 0.25) is 0 Å². The van der Waals surface area contributed by atoms with Crippen LogP contribution in [-0.2, 0) is 17.8 Å². The fourth-order valence-corrected chi connectivity index (χ4v) is 3.55. The molecule has 0 fully saturated rings. The molecule has 0 saturated heterocycles. The van der Waals surface area contributed by atoms with Crippen LogP contribution in [0.4, 0.5) is 0 Å². The zero-order chi connectivity index (χ0) is 19.7. The van der Waals surface area contributed by atoms with E-state index in [9.17, 15) is 4.79 Å². The van der Waals surface area contributed by atoms with Crippen molar-refractivity contribution in [1.29, 1.82) is 0 Å². The Balaban J connectivity index is 1.43. The Kier molecular flexibility index (Phi) is 5.49. The molecule has 3 aromatic rings. The largest absolute Gasteiger partial charge is 0.482 e. The quantitative estimate of drug-likeness (QED) is 0.558. The number of nitrogens with zero attached hydrogens (tertiary/aromatic N) is 2. The first-order valence-electron chi connectivity index (χ1n) is 8.60. The van der Waals surface area contributed by atoms with Crippen molar-refractivity contribution in [2.75, 3.05) is 13.2 Å². The molecule has 4 rings (SSSR count). The molecule has 0 spiro atoms. The molecule has 5 nitrogen and oxygen atoms in total. The first-order chi connectivity index (χ1) is 13.5. The van der Waals surface area contributed by atoms with Gasteiger partial charge in [0.15, 0.2) is 12.4 Å². The van der Waals surface area contributed by atoms with Crippen molar-refractivity contribution in [3.63, 3.8) is 0 Å². The number of ether oxygens (including phenoxy) is 1. The van der Waals surface area contributed by atoms with Crippen LogP contribution in [-0.4, -0.2) is 29.1 Å². The maximum absolute atomic E-state index is 12.5. The molecule has 1 aliphatic rings. The van der Waals surface area contributed by atoms with Gasteiger partial charge in [-0.2, -0.15) is 0 Å². The SMILES string of the molecule is O=C(COc1cc(Cl)ccc1Cl)N1CCc2c(noc2-c2ccc(Cl)cc2)C1. The first kappa shape index (κ1) is 19.1. The van der Waals surface area contributed by atoms with Gasteiger partial charge in [0, 0.05) is 33.8 Å². The summed E-state index contributed by atoms with van der Waals surface area (Å²) in [5.41, 5.74) is 2.69. The maximum atomic E-state index is 12.5. The lowest BCUT2D eigenvalue weighted by atomic mass is 10.0. The highest BCUT2D eigenvalue weighted by atomic mass is 35.5. The average molecular weight is 438 g/mol. The third kappa shape index (κ3) is 3.97. The predicted octanol–water partition coefficient (Wildman–Crippen LogP) is 5.27. The number of benzene rings is 2. The van der Waals surface area contributed by atoms with E-state index in [4.69, 9.17) is 44.1 Å². The van der Waals surface area contributed by atoms with Crippen molar-refractivity contribution in [3.05, 3.63) is 68.8 Å². The minimum absolute atomic E-state index is 0.128. The Hall–Kier alpha value is -2.21. The second kappa shape index (κ2) is 8.03. The van der Waals surface area contributed by atoms with E-state index in [1.807, 2.05) is 24.3 Å². The molecule has 1 amide bonds. The van der Waals surface area contributed by atoms with Gasteiger partial charge in [-0.3, -0.25) is 4.79 Å². The van der Waals surface area contributed by atoms with Crippen molar-refractivity contribution in [2.24, 2.45) is 0 Å². The smallest absolute Gasteiger partial charge is 0.260 e. The van der Waals surface area contributed by atoms with Gasteiger partial charge in [0.05, 0.1) is 11.6 Å². The molecule has 0 unspecified atom stereocenters. The Morgan fingerprint density at radius 1 is 1.11 bits per heavy atom. The van der Waals surface area contributed by atoms with E-state index in [-0.39, 0.29) is 12.5 Å². The number of fused-ring (bicyclic) bond motifs is 1. The Labute approximate surface area is 176 Å². The zero-order valence-corrected chi connectivity index (χ0v) is 16.9. The lowest BCUT2D eigenvalue weighted by Gasteiger charge is -2.26. The summed E-state index contributed by atoms with van der Waals surface area (Å²) >= 11 is 17.9. The van der Waals surface area contributed by atoms with Crippen LogP contribution in [0.15, 0.2) is 47.0 Å². The number of rotatable bonds is 4. The van der Waals surface area contributed by atoms with Gasteiger partial charge in [-0.05, 0) is 42.8 Å². The van der Waals surface area contributed by atoms with Crippen LogP contribution >= 0.6 is 34.8 Å². The molecule has 144 valence electrons. The number of hydrogen-bond donors (Lipinski definition) is 0. The molecule has 0 atom stereocenters. The molecule has 1 aromatic heterocycles. The molecule has 0 N–H and O–H groups in total. The summed E-state index contributed by atoms with van der Waals surface area (Å²) < 4.78 is 11.1. The predicted molar refractivity (Wildman–Crippen MR) is 108 cm³/mol. The molecule has 0 radical (unpaired) electrons. The van der Waals surface area contributed by atoms with Crippen molar-refractivity contribution < 1.29 is 14.1 Å². The van der Waals surface area contributed by atoms with Crippen molar-refractivity contribution in [2.45, 2.75) is 13.0 Å². The number of amides is 1. The number of hydrogen-bond acceptors (Lipinski definition) is 4. The highest BCUT2D eigenvalue weighted by Crippen LogP contribution is 2.31. The minimum Gasteiger partial charge on any atom is -0.482 e. The zero-order valence-electron chi connectivity index (χ0n) is 14.6. The van der Waals surface area contributed by atoms with E-state index in [1.165, 1.54) is 0 Å². The van der Waals surface area contributed by atoms with Gasteiger partial charge < -0.3 is 14.2 Å². The summed E-state index contributed by atoms with van der Waals surface area (Å²) in [6.45, 7) is 0.801. The fraction of sp³-hybridized carbons (Fsp3) is 0.200. The highest BCUT2D eigenvalue weighted by molar-refractivity contribution is 6.34. The summed E-state index contributed by atoms with van der Waals surface area (Å²) in [6, 6.07) is 12.3. The molecule has 0 aliphatic carbocycles. The molecule has 1 aliphatic heterocycles. The molecule has 2 aromatic carbocycles. The van der Waals surface area contributed by atoms with E-state index >= 15 is 0 Å². The van der Waals surface area contributed by atoms with Crippen molar-refractivity contribution in [3.8, 4) is 17.1 Å². The van der Waals surface area contributed by atoms with Crippen LogP contribution in [0, 0.1) is 0 Å². The van der Waals surface area contributed by atoms with Crippen molar-refractivity contribution in [1.82, 2.24) is 10.1 Å². The third-order valence-corrected chi connectivity index (χ3v) is 5.34. The van der Waals surface area contributed by atoms with Crippen LogP contribution in [0.5, 0.6) is 5.75 Å². The van der Waals surface area contributed by atoms with E-state index in [0.717, 1.165) is 22.6 Å². The Morgan fingerprint density at radius 2 is 1.86 bits per heavy atom. The Morgan fingerprint density at radius 3 is 2.64 bits per heavy atom. The van der Waals surface area contributed by atoms with E-state index in [2.05, 4.69) is 5.16 Å². The molecular weight excluding hydrogens is 423 g/mol. The molecule has 0 saturated carbocycles. The van der Waals surface area contributed by atoms with Gasteiger partial charge in [-0.25, -0.2) is 0 Å². The first-order valence-corrected chi connectivity index (χ1v) is 9.73. The van der Waals surface area contributed by atoms with Gasteiger partial charge in [0.25, 0.3) is 5.91 Å². The average Bonchev–Trinajstić information content (AvgIpc) is 3.12. The van der Waals surface area contributed by atoms with Crippen LogP contribution in [0.3, 0.4) is 0 Å². The normalized spacial score (nSPS) is 13.3. The van der Waals surface area contributed by atoms with E-state index in [0.29, 0.717) is 40.3 Å². The Bertz CT molecular complexity index is 1020. The standard InChI is InChI=1S/C20H15Cl3N2O3/c21-13-3-1-12(2-4-13)20-15-7-8-25(10-17(15)24-28-20)19(26)11-27-18-9-14(22)5-6-16(18)23/h1-6,9H,7-8,10-11H2. The van der Waals surface area contributed by atoms with Crippen LogP contribution in [0.25, 0.3) is 11.3 Å². The molecular formula is C20H15Cl3N2O3. The lowest BCUT2D eigenvalue weighted by molar-refractivity contribution is -0.134. The number of carbonyl (C=O) groups is 1. The molecule has 28 heavy (non-hydrogen) atoms. The van der Waals surface area contributed by atoms with Gasteiger partial charge in [0.1, 0.15) is 11.4 Å². The van der Waals surface area contributed by atoms with Crippen LogP contribution in [0.1, 0.15) is 11.3 Å². The second-order valence-corrected chi connectivity index (χ2v) is 7.65. The van der Waals surface area contributed by atoms with Gasteiger partial charge >= 0.3 is 0 Å². The van der Waals surface area contributed by atoms with Gasteiger partial charge in [-0.1, -0.05) is 40.0 Å². The summed E-state index contributed by atoms with van der Waals surface area (Å²) in [4.78, 5) is 14.2. The van der Waals surface area contributed by atoms with E-state index < -0.39 is 0 Å². The second-order valence-electron chi connectivity index (χ2n) is 6.37. The van der Waals surface area contributed by atoms with Crippen molar-refractivity contribution >= 4 is 40.7 Å². The monoisotopic (exact) mass is 436 g/mol. The maximum Gasteiger partial charge on any atom is 0.260 e. The highest BCUT2D eigenvalue weighted by Gasteiger charge is 2.27. The number of aromatic nitrogens is 1. The van der Waals surface area contributed by atoms with Crippen LogP contribution < -0.4 is 4.74 Å². The fourth-order valence-electron chi connectivity index (χ4n) is 3.09. The molecule has 2 heterocycles. The van der Waals surface area contributed by atoms with E-state index in [1.54, 1.807) is 23.1 Å². The molecule has 8 heteroatoms. The minimum atomic E-state index is -0.155. The number of carbonyl (C=O) groups excluding carboxylic acids is 1. The summed E-state index contributed by atoms with van der Waals surface area (Å²) in [6.07, 6.45) is 0.653. The summed E-state index contributed by atoms with van der Waals surface area (Å²) in [5.74, 6) is 0.949. The van der Waals surface area contributed by atoms with Crippen LogP contribution in [0.2, 0.25) is 15.1 Å². The lowest BCUT2D eigenvalue weighted by Crippen LogP contribution is -2.38.